The number of amides is 1. The standard InChI is InChI=1S/C46H63ClN4O9SSi/c1-44(2,3)62(6,7)60-38(32-16-18-36(52)41-33(32)17-19-40(53)50-41)28-48-27-29-25-34(47)35(26-37(29)58-5)49-43(56)59-23-22-51(4)31-14-12-30(13-15-31)45(20-8-9-21-45)46(57,42(54)55)39-11-10-24-61-39/h10-11,16-19,24-26,30-31,38,48,52,57H,8-9,12-15,20-23,27-28H2,1-7H3,(H,49,56)(H,50,53)(H,54,55)/t30?,31?,38-,46+/m0/s1. The highest BCUT2D eigenvalue weighted by Gasteiger charge is 2.62. The Labute approximate surface area is 374 Å². The average molecular weight is 912 g/mol. The van der Waals surface area contributed by atoms with E-state index in [0.717, 1.165) is 49.7 Å². The number of aliphatic hydroxyl groups is 1. The van der Waals surface area contributed by atoms with Gasteiger partial charge >= 0.3 is 12.1 Å². The maximum absolute atomic E-state index is 13.0. The summed E-state index contributed by atoms with van der Waals surface area (Å²) in [5.41, 5.74) is -0.595. The number of aromatic hydroxyl groups is 1. The molecule has 0 bridgehead atoms. The lowest BCUT2D eigenvalue weighted by atomic mass is 9.58. The summed E-state index contributed by atoms with van der Waals surface area (Å²) in [7, 11) is 1.27. The highest BCUT2D eigenvalue weighted by Crippen LogP contribution is 2.60. The number of anilines is 1. The molecule has 338 valence electrons. The summed E-state index contributed by atoms with van der Waals surface area (Å²) in [6, 6.07) is 13.8. The van der Waals surface area contributed by atoms with Gasteiger partial charge in [-0.3, -0.25) is 10.1 Å². The Bertz CT molecular complexity index is 2250. The molecule has 2 heterocycles. The van der Waals surface area contributed by atoms with Gasteiger partial charge in [-0.25, -0.2) is 9.59 Å². The maximum atomic E-state index is 13.0. The number of phenols is 1. The van der Waals surface area contributed by atoms with E-state index in [2.05, 4.69) is 54.4 Å². The first-order valence-corrected chi connectivity index (χ1v) is 25.7. The number of nitrogens with zero attached hydrogens (tertiary/aromatic N) is 1. The van der Waals surface area contributed by atoms with Crippen molar-refractivity contribution in [3.63, 3.8) is 0 Å². The fourth-order valence-corrected chi connectivity index (χ4v) is 11.9. The quantitative estimate of drug-likeness (QED) is 0.0556. The molecule has 0 spiro atoms. The summed E-state index contributed by atoms with van der Waals surface area (Å²) in [4.78, 5) is 43.4. The number of carboxylic acids is 1. The van der Waals surface area contributed by atoms with Gasteiger partial charge in [-0.2, -0.15) is 0 Å². The number of carboxylic acid groups (broad SMARTS) is 1. The van der Waals surface area contributed by atoms with Crippen molar-refractivity contribution in [3.8, 4) is 11.5 Å². The summed E-state index contributed by atoms with van der Waals surface area (Å²) >= 11 is 8.03. The molecule has 2 aromatic heterocycles. The number of ether oxygens (including phenoxy) is 2. The molecule has 6 N–H and O–H groups in total. The van der Waals surface area contributed by atoms with Gasteiger partial charge in [0.25, 0.3) is 0 Å². The molecule has 13 nitrogen and oxygen atoms in total. The Morgan fingerprint density at radius 2 is 1.79 bits per heavy atom. The van der Waals surface area contributed by atoms with E-state index in [4.69, 9.17) is 25.5 Å². The number of rotatable bonds is 17. The number of H-pyrrole nitrogens is 1. The Balaban J connectivity index is 1.03. The van der Waals surface area contributed by atoms with Gasteiger partial charge in [0, 0.05) is 59.1 Å². The number of thiophene rings is 1. The number of benzene rings is 2. The van der Waals surface area contributed by atoms with Gasteiger partial charge in [-0.15, -0.1) is 11.3 Å². The normalized spacial score (nSPS) is 19.6. The lowest BCUT2D eigenvalue weighted by Crippen LogP contribution is -2.55. The van der Waals surface area contributed by atoms with Crippen LogP contribution in [0.15, 0.2) is 58.7 Å². The molecule has 0 saturated heterocycles. The monoisotopic (exact) mass is 910 g/mol. The van der Waals surface area contributed by atoms with E-state index in [1.807, 2.05) is 24.6 Å². The van der Waals surface area contributed by atoms with E-state index < -0.39 is 37.5 Å². The minimum Gasteiger partial charge on any atom is -0.506 e. The molecule has 0 unspecified atom stereocenters. The predicted molar refractivity (Wildman–Crippen MR) is 247 cm³/mol. The number of hydrogen-bond donors (Lipinski definition) is 6. The van der Waals surface area contributed by atoms with Crippen molar-refractivity contribution in [1.29, 1.82) is 0 Å². The number of fused-ring (bicyclic) bond motifs is 1. The molecule has 2 aliphatic carbocycles. The van der Waals surface area contributed by atoms with E-state index in [-0.39, 0.29) is 34.9 Å². The van der Waals surface area contributed by atoms with Gasteiger partial charge in [0.05, 0.1) is 29.4 Å². The number of nitrogens with one attached hydrogen (secondary N) is 3. The molecule has 62 heavy (non-hydrogen) atoms. The molecule has 0 aliphatic heterocycles. The Morgan fingerprint density at radius 1 is 1.08 bits per heavy atom. The molecule has 2 saturated carbocycles. The Morgan fingerprint density at radius 3 is 2.42 bits per heavy atom. The second-order valence-electron chi connectivity index (χ2n) is 18.5. The molecule has 2 atom stereocenters. The smallest absolute Gasteiger partial charge is 0.411 e. The molecule has 4 aromatic rings. The number of likely N-dealkylation sites (N-methyl/N-ethyl adjacent to an activating group) is 1. The van der Waals surface area contributed by atoms with Crippen LogP contribution in [-0.2, 0) is 26.1 Å². The average Bonchev–Trinajstić information content (AvgIpc) is 3.96. The van der Waals surface area contributed by atoms with Crippen LogP contribution in [0.5, 0.6) is 11.5 Å². The van der Waals surface area contributed by atoms with Gasteiger partial charge in [0.15, 0.2) is 8.32 Å². The van der Waals surface area contributed by atoms with Gasteiger partial charge in [-0.1, -0.05) is 57.3 Å². The molecule has 2 fully saturated rings. The Kier molecular flexibility index (Phi) is 14.9. The van der Waals surface area contributed by atoms with Crippen LogP contribution in [-0.4, -0.2) is 85.5 Å². The number of phenolic OH excluding ortho intramolecular Hbond substituents is 1. The minimum absolute atomic E-state index is 0.0160. The maximum Gasteiger partial charge on any atom is 0.411 e. The van der Waals surface area contributed by atoms with E-state index in [0.29, 0.717) is 64.7 Å². The minimum atomic E-state index is -2.29. The van der Waals surface area contributed by atoms with E-state index in [1.54, 1.807) is 37.4 Å². The number of carbonyl (C=O) groups excluding carboxylic acids is 1. The van der Waals surface area contributed by atoms with Gasteiger partial charge < -0.3 is 44.4 Å². The van der Waals surface area contributed by atoms with Gasteiger partial charge in [0.1, 0.15) is 18.1 Å². The first-order valence-electron chi connectivity index (χ1n) is 21.5. The van der Waals surface area contributed by atoms with E-state index in [9.17, 15) is 29.7 Å². The zero-order valence-electron chi connectivity index (χ0n) is 36.9. The van der Waals surface area contributed by atoms with Crippen molar-refractivity contribution in [2.75, 3.05) is 39.2 Å². The van der Waals surface area contributed by atoms with Crippen molar-refractivity contribution in [2.24, 2.45) is 11.3 Å². The van der Waals surface area contributed by atoms with E-state index in [1.165, 1.54) is 17.4 Å². The summed E-state index contributed by atoms with van der Waals surface area (Å²) in [6.45, 7) is 12.3. The molecule has 2 aliphatic rings. The first kappa shape index (κ1) is 47.5. The molecule has 1 amide bonds. The number of aliphatic carboxylic acids is 1. The summed E-state index contributed by atoms with van der Waals surface area (Å²) < 4.78 is 18.3. The number of carbonyl (C=O) groups is 2. The SMILES string of the molecule is COc1cc(NC(=O)OCCN(C)C2CCC(C3([C@](O)(C(=O)O)c4cccs4)CCCC3)CC2)c(Cl)cc1CNC[C@H](O[Si](C)(C)C(C)(C)C)c1ccc(O)c2[nH]c(=O)ccc12. The van der Waals surface area contributed by atoms with Crippen LogP contribution in [0.1, 0.15) is 94.2 Å². The number of halogens is 1. The molecule has 0 radical (unpaired) electrons. The van der Waals surface area contributed by atoms with Crippen molar-refractivity contribution in [3.05, 3.63) is 85.3 Å². The van der Waals surface area contributed by atoms with Crippen LogP contribution in [0.4, 0.5) is 10.5 Å². The fourth-order valence-electron chi connectivity index (χ4n) is 9.44. The number of pyridine rings is 1. The fraction of sp³-hybridized carbons (Fsp3) is 0.543. The molecule has 2 aromatic carbocycles. The van der Waals surface area contributed by atoms with Gasteiger partial charge in [-0.05, 0) is 105 Å². The van der Waals surface area contributed by atoms with Crippen LogP contribution in [0.3, 0.4) is 0 Å². The number of hydrogen-bond acceptors (Lipinski definition) is 11. The van der Waals surface area contributed by atoms with E-state index >= 15 is 0 Å². The molecular formula is C46H63ClN4O9SSi. The van der Waals surface area contributed by atoms with Crippen molar-refractivity contribution < 1.29 is 38.8 Å². The third-order valence-corrected chi connectivity index (χ3v) is 19.7. The van der Waals surface area contributed by atoms with Crippen molar-refractivity contribution in [2.45, 2.75) is 115 Å². The summed E-state index contributed by atoms with van der Waals surface area (Å²) in [6.07, 6.45) is 5.57. The second-order valence-corrected chi connectivity index (χ2v) is 24.6. The topological polar surface area (TPSA) is 183 Å². The molecule has 6 rings (SSSR count). The molecular weight excluding hydrogens is 848 g/mol. The summed E-state index contributed by atoms with van der Waals surface area (Å²) in [5.74, 6) is -0.558. The highest BCUT2D eigenvalue weighted by molar-refractivity contribution is 7.10. The second kappa shape index (κ2) is 19.4. The first-order chi connectivity index (χ1) is 29.3. The summed E-state index contributed by atoms with van der Waals surface area (Å²) in [5, 5.41) is 42.0. The number of aromatic amines is 1. The third kappa shape index (κ3) is 9.89. The van der Waals surface area contributed by atoms with Crippen LogP contribution >= 0.6 is 22.9 Å². The van der Waals surface area contributed by atoms with Gasteiger partial charge in [0.2, 0.25) is 11.2 Å². The zero-order valence-corrected chi connectivity index (χ0v) is 39.5. The van der Waals surface area contributed by atoms with Crippen molar-refractivity contribution in [1.82, 2.24) is 15.2 Å². The van der Waals surface area contributed by atoms with Crippen LogP contribution in [0.2, 0.25) is 23.2 Å². The van der Waals surface area contributed by atoms with Crippen molar-refractivity contribution >= 4 is 59.9 Å². The molecule has 16 heteroatoms. The zero-order chi connectivity index (χ0) is 45.0. The third-order valence-electron chi connectivity index (χ3n) is 13.9. The van der Waals surface area contributed by atoms with Crippen LogP contribution in [0.25, 0.3) is 10.9 Å². The lowest BCUT2D eigenvalue weighted by molar-refractivity contribution is -0.187. The predicted octanol–water partition coefficient (Wildman–Crippen LogP) is 9.38. The van der Waals surface area contributed by atoms with Crippen LogP contribution < -0.4 is 20.9 Å². The van der Waals surface area contributed by atoms with Crippen LogP contribution in [0, 0.1) is 11.3 Å². The highest BCUT2D eigenvalue weighted by atomic mass is 35.5. The number of aromatic nitrogens is 1. The number of methoxy groups -OCH3 is 1. The Hall–Kier alpha value is -3.96. The lowest BCUT2D eigenvalue weighted by Gasteiger charge is -2.50. The largest absolute Gasteiger partial charge is 0.506 e.